The van der Waals surface area contributed by atoms with E-state index in [0.717, 1.165) is 22.3 Å². The van der Waals surface area contributed by atoms with Gasteiger partial charge in [0.25, 0.3) is 11.1 Å². The summed E-state index contributed by atoms with van der Waals surface area (Å²) in [6.07, 6.45) is 1.56. The zero-order valence-electron chi connectivity index (χ0n) is 20.1. The van der Waals surface area contributed by atoms with E-state index >= 15 is 0 Å². The van der Waals surface area contributed by atoms with Gasteiger partial charge in [-0.2, -0.15) is 0 Å². The predicted octanol–water partition coefficient (Wildman–Crippen LogP) is 3.40. The Morgan fingerprint density at radius 3 is 2.39 bits per heavy atom. The lowest BCUT2D eigenvalue weighted by Gasteiger charge is -2.36. The number of para-hydroxylation sites is 1. The first-order chi connectivity index (χ1) is 17.4. The second-order valence-electron chi connectivity index (χ2n) is 8.20. The second-order valence-corrected chi connectivity index (χ2v) is 9.20. The highest BCUT2D eigenvalue weighted by atomic mass is 32.2. The van der Waals surface area contributed by atoms with Crippen molar-refractivity contribution in [1.82, 2.24) is 9.80 Å². The Morgan fingerprint density at radius 1 is 1.00 bits per heavy atom. The summed E-state index contributed by atoms with van der Waals surface area (Å²) in [6, 6.07) is 14.8. The monoisotopic (exact) mass is 509 g/mol. The molecule has 2 aliphatic rings. The number of benzene rings is 2. The van der Waals surface area contributed by atoms with Crippen molar-refractivity contribution in [3.8, 4) is 11.5 Å². The summed E-state index contributed by atoms with van der Waals surface area (Å²) >= 11 is 0.790. The van der Waals surface area contributed by atoms with Crippen LogP contribution in [-0.2, 0) is 14.4 Å². The van der Waals surface area contributed by atoms with Crippen molar-refractivity contribution in [2.75, 3.05) is 44.2 Å². The molecule has 0 aliphatic carbocycles. The third-order valence-corrected chi connectivity index (χ3v) is 6.65. The van der Waals surface area contributed by atoms with E-state index < -0.39 is 17.1 Å². The van der Waals surface area contributed by atoms with Gasteiger partial charge in [0.15, 0.2) is 11.5 Å². The van der Waals surface area contributed by atoms with Crippen molar-refractivity contribution in [2.45, 2.75) is 13.8 Å². The fourth-order valence-corrected chi connectivity index (χ4v) is 4.84. The maximum absolute atomic E-state index is 12.9. The zero-order chi connectivity index (χ0) is 25.7. The van der Waals surface area contributed by atoms with Gasteiger partial charge in [0.2, 0.25) is 5.91 Å². The summed E-state index contributed by atoms with van der Waals surface area (Å²) in [6.45, 7) is 5.58. The molecule has 36 heavy (non-hydrogen) atoms. The smallest absolute Gasteiger partial charge is 0.308 e. The minimum Gasteiger partial charge on any atom is -0.490 e. The van der Waals surface area contributed by atoms with Crippen LogP contribution in [0.15, 0.2) is 53.4 Å². The van der Waals surface area contributed by atoms with E-state index in [2.05, 4.69) is 4.90 Å². The Morgan fingerprint density at radius 2 is 1.72 bits per heavy atom. The van der Waals surface area contributed by atoms with Gasteiger partial charge in [0.05, 0.1) is 11.5 Å². The van der Waals surface area contributed by atoms with E-state index in [-0.39, 0.29) is 23.1 Å². The van der Waals surface area contributed by atoms with Crippen LogP contribution in [0.3, 0.4) is 0 Å². The number of rotatable bonds is 7. The number of nitrogens with zero attached hydrogens (tertiary/aromatic N) is 3. The first-order valence-electron chi connectivity index (χ1n) is 11.6. The first-order valence-corrected chi connectivity index (χ1v) is 12.5. The number of piperazine rings is 1. The number of carbonyl (C=O) groups is 4. The molecular weight excluding hydrogens is 482 g/mol. The summed E-state index contributed by atoms with van der Waals surface area (Å²) in [5.74, 6) is -0.618. The molecule has 2 aromatic rings. The number of amides is 3. The molecule has 188 valence electrons. The molecule has 2 fully saturated rings. The van der Waals surface area contributed by atoms with Crippen molar-refractivity contribution >= 4 is 46.5 Å². The number of ether oxygens (including phenoxy) is 2. The Hall–Kier alpha value is -3.79. The number of thioether (sulfide) groups is 1. The number of hydrogen-bond donors (Lipinski definition) is 0. The highest BCUT2D eigenvalue weighted by molar-refractivity contribution is 8.18. The molecule has 0 atom stereocenters. The van der Waals surface area contributed by atoms with Crippen LogP contribution in [0.25, 0.3) is 6.08 Å². The SMILES string of the molecule is CCOc1cc(/C=C2/SC(=O)N(CC(=O)N3CCN(c4ccccc4)CC3)C2=O)ccc1OC(C)=O. The Bertz CT molecular complexity index is 1190. The van der Waals surface area contributed by atoms with Crippen LogP contribution < -0.4 is 14.4 Å². The topological polar surface area (TPSA) is 96.5 Å². The number of esters is 1. The summed E-state index contributed by atoms with van der Waals surface area (Å²) in [5, 5.41) is -0.482. The van der Waals surface area contributed by atoms with Crippen molar-refractivity contribution in [1.29, 1.82) is 0 Å². The van der Waals surface area contributed by atoms with Gasteiger partial charge in [-0.15, -0.1) is 0 Å². The molecule has 2 aromatic carbocycles. The van der Waals surface area contributed by atoms with E-state index in [1.165, 1.54) is 6.92 Å². The maximum Gasteiger partial charge on any atom is 0.308 e. The van der Waals surface area contributed by atoms with E-state index in [4.69, 9.17) is 9.47 Å². The standard InChI is InChI=1S/C26H27N3O6S/c1-3-34-22-15-19(9-10-21(22)35-18(2)30)16-23-25(32)29(26(33)36-23)17-24(31)28-13-11-27(12-14-28)20-7-5-4-6-8-20/h4-10,15-16H,3,11-14,17H2,1-2H3/b23-16+. The molecule has 3 amide bonds. The highest BCUT2D eigenvalue weighted by Gasteiger charge is 2.37. The lowest BCUT2D eigenvalue weighted by Crippen LogP contribution is -2.51. The van der Waals surface area contributed by atoms with Crippen LogP contribution in [0.2, 0.25) is 0 Å². The molecule has 10 heteroatoms. The van der Waals surface area contributed by atoms with Crippen LogP contribution in [0, 0.1) is 0 Å². The summed E-state index contributed by atoms with van der Waals surface area (Å²) in [7, 11) is 0. The Labute approximate surface area is 213 Å². The third kappa shape index (κ3) is 5.88. The van der Waals surface area contributed by atoms with Gasteiger partial charge in [0, 0.05) is 38.8 Å². The van der Waals surface area contributed by atoms with Crippen LogP contribution in [0.1, 0.15) is 19.4 Å². The van der Waals surface area contributed by atoms with E-state index in [1.54, 1.807) is 36.1 Å². The fraction of sp³-hybridized carbons (Fsp3) is 0.308. The number of anilines is 1. The fourth-order valence-electron chi connectivity index (χ4n) is 4.00. The van der Waals surface area contributed by atoms with Crippen LogP contribution in [0.4, 0.5) is 10.5 Å². The molecule has 0 spiro atoms. The molecule has 0 saturated carbocycles. The minimum absolute atomic E-state index is 0.212. The highest BCUT2D eigenvalue weighted by Crippen LogP contribution is 2.35. The molecule has 2 saturated heterocycles. The molecular formula is C26H27N3O6S. The van der Waals surface area contributed by atoms with Crippen LogP contribution in [0.5, 0.6) is 11.5 Å². The lowest BCUT2D eigenvalue weighted by atomic mass is 10.2. The van der Waals surface area contributed by atoms with Gasteiger partial charge in [-0.25, -0.2) is 0 Å². The quantitative estimate of drug-likeness (QED) is 0.318. The third-order valence-electron chi connectivity index (χ3n) is 5.74. The lowest BCUT2D eigenvalue weighted by molar-refractivity contribution is -0.136. The molecule has 0 radical (unpaired) electrons. The summed E-state index contributed by atoms with van der Waals surface area (Å²) < 4.78 is 10.7. The molecule has 2 heterocycles. The van der Waals surface area contributed by atoms with Crippen LogP contribution >= 0.6 is 11.8 Å². The van der Waals surface area contributed by atoms with Crippen molar-refractivity contribution in [3.05, 3.63) is 59.0 Å². The van der Waals surface area contributed by atoms with Gasteiger partial charge in [-0.05, 0) is 54.6 Å². The van der Waals surface area contributed by atoms with Gasteiger partial charge in [0.1, 0.15) is 6.54 Å². The van der Waals surface area contributed by atoms with Gasteiger partial charge >= 0.3 is 5.97 Å². The molecule has 0 aromatic heterocycles. The average Bonchev–Trinajstić information content (AvgIpc) is 3.13. The Kier molecular flexibility index (Phi) is 7.94. The second kappa shape index (κ2) is 11.3. The Balaban J connectivity index is 1.39. The number of carbonyl (C=O) groups excluding carboxylic acids is 4. The molecule has 0 N–H and O–H groups in total. The van der Waals surface area contributed by atoms with Crippen molar-refractivity contribution in [2.24, 2.45) is 0 Å². The molecule has 2 aliphatic heterocycles. The minimum atomic E-state index is -0.511. The van der Waals surface area contributed by atoms with Crippen molar-refractivity contribution < 1.29 is 28.7 Å². The average molecular weight is 510 g/mol. The predicted molar refractivity (Wildman–Crippen MR) is 137 cm³/mol. The van der Waals surface area contributed by atoms with Gasteiger partial charge < -0.3 is 19.3 Å². The van der Waals surface area contributed by atoms with Gasteiger partial charge in [-0.3, -0.25) is 24.1 Å². The van der Waals surface area contributed by atoms with E-state index in [1.807, 2.05) is 30.3 Å². The van der Waals surface area contributed by atoms with Crippen molar-refractivity contribution in [3.63, 3.8) is 0 Å². The largest absolute Gasteiger partial charge is 0.490 e. The summed E-state index contributed by atoms with van der Waals surface area (Å²) in [5.41, 5.74) is 1.71. The number of imide groups is 1. The summed E-state index contributed by atoms with van der Waals surface area (Å²) in [4.78, 5) is 54.8. The molecule has 4 rings (SSSR count). The first kappa shape index (κ1) is 25.3. The normalized spacial score (nSPS) is 17.1. The zero-order valence-corrected chi connectivity index (χ0v) is 21.0. The molecule has 0 unspecified atom stereocenters. The molecule has 0 bridgehead atoms. The maximum atomic E-state index is 12.9. The number of hydrogen-bond acceptors (Lipinski definition) is 8. The van der Waals surface area contributed by atoms with Crippen LogP contribution in [-0.4, -0.2) is 72.2 Å². The molecule has 9 nitrogen and oxygen atoms in total. The van der Waals surface area contributed by atoms with Gasteiger partial charge in [-0.1, -0.05) is 24.3 Å². The van der Waals surface area contributed by atoms with E-state index in [0.29, 0.717) is 44.1 Å². The van der Waals surface area contributed by atoms with E-state index in [9.17, 15) is 19.2 Å².